The summed E-state index contributed by atoms with van der Waals surface area (Å²) in [6.45, 7) is 2.44. The molecule has 0 spiro atoms. The first-order chi connectivity index (χ1) is 14.3. The van der Waals surface area contributed by atoms with Gasteiger partial charge in [0.1, 0.15) is 12.3 Å². The van der Waals surface area contributed by atoms with Crippen LogP contribution in [0.15, 0.2) is 54.0 Å². The first-order valence-electron chi connectivity index (χ1n) is 9.23. The maximum atomic E-state index is 12.7. The number of epoxide rings is 1. The molecule has 1 aromatic carbocycles. The zero-order valence-corrected chi connectivity index (χ0v) is 16.6. The fourth-order valence-corrected chi connectivity index (χ4v) is 4.06. The summed E-state index contributed by atoms with van der Waals surface area (Å²) in [5, 5.41) is 9.35. The molecule has 5 nitrogen and oxygen atoms in total. The number of halogens is 3. The summed E-state index contributed by atoms with van der Waals surface area (Å²) in [4.78, 5) is 9.09. The summed E-state index contributed by atoms with van der Waals surface area (Å²) < 4.78 is 43.8. The third kappa shape index (κ3) is 3.50. The molecule has 0 amide bonds. The van der Waals surface area contributed by atoms with E-state index in [1.165, 1.54) is 17.0 Å². The van der Waals surface area contributed by atoms with Gasteiger partial charge in [-0.15, -0.1) is 11.3 Å². The fourth-order valence-electron chi connectivity index (χ4n) is 3.35. The number of alkyl halides is 3. The van der Waals surface area contributed by atoms with Gasteiger partial charge in [0.15, 0.2) is 0 Å². The van der Waals surface area contributed by atoms with E-state index in [9.17, 15) is 13.2 Å². The van der Waals surface area contributed by atoms with Crippen LogP contribution in [-0.2, 0) is 10.9 Å². The number of aromatic nitrogens is 2. The molecule has 4 aromatic rings. The number of nitrogens with one attached hydrogen (secondary N) is 3. The molecule has 154 valence electrons. The van der Waals surface area contributed by atoms with Crippen molar-refractivity contribution in [1.29, 1.82) is 0 Å². The molecule has 1 aliphatic rings. The maximum absolute atomic E-state index is 12.7. The van der Waals surface area contributed by atoms with Crippen LogP contribution in [0.4, 0.5) is 24.5 Å². The Hall–Kier alpha value is -3.04. The highest BCUT2D eigenvalue weighted by Gasteiger charge is 2.46. The average Bonchev–Trinajstić information content (AvgIpc) is 3.13. The summed E-state index contributed by atoms with van der Waals surface area (Å²) in [5.41, 5.74) is 3.38. The Bertz CT molecular complexity index is 1210. The van der Waals surface area contributed by atoms with Gasteiger partial charge in [0.25, 0.3) is 0 Å². The monoisotopic (exact) mass is 430 g/mol. The maximum Gasteiger partial charge on any atom is 0.416 e. The van der Waals surface area contributed by atoms with Gasteiger partial charge in [0.05, 0.1) is 16.9 Å². The van der Waals surface area contributed by atoms with Crippen molar-refractivity contribution in [3.8, 4) is 11.3 Å². The van der Waals surface area contributed by atoms with E-state index in [2.05, 4.69) is 28.6 Å². The van der Waals surface area contributed by atoms with Crippen molar-refractivity contribution in [1.82, 2.24) is 9.97 Å². The second-order valence-corrected chi connectivity index (χ2v) is 8.25. The zero-order valence-electron chi connectivity index (χ0n) is 15.8. The number of fused-ring (bicyclic) bond motifs is 1. The minimum Gasteiger partial charge on any atom is -0.344 e. The summed E-state index contributed by atoms with van der Waals surface area (Å²) in [6.07, 6.45) is -2.55. The molecule has 0 aliphatic carbocycles. The molecule has 3 aromatic heterocycles. The van der Waals surface area contributed by atoms with Crippen LogP contribution in [0, 0.1) is 6.92 Å². The van der Waals surface area contributed by atoms with Crippen LogP contribution in [0.2, 0.25) is 0 Å². The highest BCUT2D eigenvalue weighted by atomic mass is 32.1. The van der Waals surface area contributed by atoms with Gasteiger partial charge in [-0.1, -0.05) is 0 Å². The molecular weight excluding hydrogens is 413 g/mol. The largest absolute Gasteiger partial charge is 0.416 e. The number of aryl methyl sites for hydroxylation is 1. The lowest BCUT2D eigenvalue weighted by Crippen LogP contribution is -2.32. The van der Waals surface area contributed by atoms with E-state index in [1.807, 2.05) is 17.5 Å². The molecule has 0 radical (unpaired) electrons. The predicted molar refractivity (Wildman–Crippen MR) is 112 cm³/mol. The molecule has 1 saturated heterocycles. The van der Waals surface area contributed by atoms with E-state index in [0.29, 0.717) is 12.3 Å². The van der Waals surface area contributed by atoms with Crippen molar-refractivity contribution in [3.63, 3.8) is 0 Å². The third-order valence-electron chi connectivity index (χ3n) is 5.00. The Labute approximate surface area is 173 Å². The number of hydrogen-bond acceptors (Lipinski definition) is 5. The Morgan fingerprint density at radius 3 is 2.50 bits per heavy atom. The summed E-state index contributed by atoms with van der Waals surface area (Å²) >= 11 is 1.68. The highest BCUT2D eigenvalue weighted by Crippen LogP contribution is 2.36. The van der Waals surface area contributed by atoms with Crippen molar-refractivity contribution in [2.75, 3.05) is 17.2 Å². The number of thiophene rings is 1. The smallest absolute Gasteiger partial charge is 0.344 e. The van der Waals surface area contributed by atoms with Gasteiger partial charge in [-0.2, -0.15) is 13.2 Å². The zero-order chi connectivity index (χ0) is 20.9. The number of H-pyrrole nitrogens is 1. The third-order valence-corrected chi connectivity index (χ3v) is 5.85. The topological polar surface area (TPSA) is 65.3 Å². The SMILES string of the molecule is Cc1sccc1-c1ccc2c(NC3(Nc4ccc(C(F)(F)F)cc4)CO3)c[nH]c2n1. The van der Waals surface area contributed by atoms with Gasteiger partial charge < -0.3 is 20.4 Å². The van der Waals surface area contributed by atoms with Gasteiger partial charge in [0.2, 0.25) is 5.85 Å². The van der Waals surface area contributed by atoms with Crippen molar-refractivity contribution in [2.24, 2.45) is 0 Å². The molecule has 1 aliphatic heterocycles. The highest BCUT2D eigenvalue weighted by molar-refractivity contribution is 7.10. The quantitative estimate of drug-likeness (QED) is 0.275. The van der Waals surface area contributed by atoms with E-state index in [1.54, 1.807) is 17.5 Å². The van der Waals surface area contributed by atoms with Gasteiger partial charge >= 0.3 is 6.18 Å². The van der Waals surface area contributed by atoms with E-state index in [4.69, 9.17) is 9.72 Å². The van der Waals surface area contributed by atoms with Crippen LogP contribution in [0.1, 0.15) is 10.4 Å². The van der Waals surface area contributed by atoms with Gasteiger partial charge in [-0.25, -0.2) is 4.98 Å². The summed E-state index contributed by atoms with van der Waals surface area (Å²) in [6, 6.07) is 10.9. The summed E-state index contributed by atoms with van der Waals surface area (Å²) in [7, 11) is 0. The first-order valence-corrected chi connectivity index (χ1v) is 10.1. The number of pyridine rings is 1. The van der Waals surface area contributed by atoms with E-state index in [0.717, 1.165) is 40.1 Å². The van der Waals surface area contributed by atoms with Crippen LogP contribution >= 0.6 is 11.3 Å². The van der Waals surface area contributed by atoms with Gasteiger partial charge in [0, 0.05) is 27.7 Å². The van der Waals surface area contributed by atoms with Crippen LogP contribution in [0.25, 0.3) is 22.3 Å². The van der Waals surface area contributed by atoms with Gasteiger partial charge in [-0.05, 0) is 54.8 Å². The fraction of sp³-hybridized carbons (Fsp3) is 0.190. The van der Waals surface area contributed by atoms with Crippen LogP contribution in [-0.4, -0.2) is 22.4 Å². The molecule has 5 rings (SSSR count). The molecular formula is C21H17F3N4OS. The van der Waals surface area contributed by atoms with Crippen molar-refractivity contribution in [3.05, 3.63) is 64.5 Å². The Kier molecular flexibility index (Phi) is 4.26. The number of benzene rings is 1. The van der Waals surface area contributed by atoms with Crippen molar-refractivity contribution < 1.29 is 17.9 Å². The predicted octanol–water partition coefficient (Wildman–Crippen LogP) is 5.83. The summed E-state index contributed by atoms with van der Waals surface area (Å²) in [5.74, 6) is -0.864. The number of rotatable bonds is 5. The number of aromatic amines is 1. The van der Waals surface area contributed by atoms with Crippen LogP contribution in [0.3, 0.4) is 0 Å². The molecule has 4 heterocycles. The van der Waals surface area contributed by atoms with E-state index >= 15 is 0 Å². The van der Waals surface area contributed by atoms with Crippen molar-refractivity contribution in [2.45, 2.75) is 18.9 Å². The molecule has 1 unspecified atom stereocenters. The standard InChI is InChI=1S/C21H17F3N4OS/c1-12-15(8-9-30-12)17-7-6-16-18(10-25-19(16)26-17)28-20(11-29-20)27-14-4-2-13(3-5-14)21(22,23)24/h2-10,27-28H,11H2,1H3,(H,25,26). The first kappa shape index (κ1) is 19.0. The number of hydrogen-bond donors (Lipinski definition) is 3. The second-order valence-electron chi connectivity index (χ2n) is 7.13. The van der Waals surface area contributed by atoms with Gasteiger partial charge in [-0.3, -0.25) is 0 Å². The Morgan fingerprint density at radius 1 is 1.10 bits per heavy atom. The molecule has 0 bridgehead atoms. The number of ether oxygens (including phenoxy) is 1. The Balaban J connectivity index is 1.36. The Morgan fingerprint density at radius 2 is 1.87 bits per heavy atom. The van der Waals surface area contributed by atoms with Crippen LogP contribution < -0.4 is 10.6 Å². The molecule has 0 saturated carbocycles. The molecule has 9 heteroatoms. The van der Waals surface area contributed by atoms with Crippen LogP contribution in [0.5, 0.6) is 0 Å². The lowest BCUT2D eigenvalue weighted by Gasteiger charge is -2.18. The lowest BCUT2D eigenvalue weighted by atomic mass is 10.1. The lowest BCUT2D eigenvalue weighted by molar-refractivity contribution is -0.137. The number of anilines is 2. The number of nitrogens with zero attached hydrogens (tertiary/aromatic N) is 1. The van der Waals surface area contributed by atoms with Crippen molar-refractivity contribution >= 4 is 33.7 Å². The normalized spacial score (nSPS) is 18.5. The molecule has 1 fully saturated rings. The minimum absolute atomic E-state index is 0.375. The molecule has 1 atom stereocenters. The molecule has 30 heavy (non-hydrogen) atoms. The molecule has 3 N–H and O–H groups in total. The van der Waals surface area contributed by atoms with E-state index in [-0.39, 0.29) is 0 Å². The average molecular weight is 430 g/mol. The minimum atomic E-state index is -4.36. The second kappa shape index (κ2) is 6.75. The van der Waals surface area contributed by atoms with E-state index < -0.39 is 17.6 Å².